The zero-order chi connectivity index (χ0) is 22.0. The predicted molar refractivity (Wildman–Crippen MR) is 122 cm³/mol. The summed E-state index contributed by atoms with van der Waals surface area (Å²) in [5.41, 5.74) is 1.57. The Labute approximate surface area is 184 Å². The molecule has 0 spiro atoms. The zero-order valence-corrected chi connectivity index (χ0v) is 18.2. The quantitative estimate of drug-likeness (QED) is 0.502. The van der Waals surface area contributed by atoms with E-state index in [1.807, 2.05) is 42.5 Å². The van der Waals surface area contributed by atoms with E-state index >= 15 is 0 Å². The molecule has 1 aliphatic heterocycles. The molecule has 1 fully saturated rings. The van der Waals surface area contributed by atoms with Gasteiger partial charge in [-0.2, -0.15) is 0 Å². The minimum atomic E-state index is -0.322. The van der Waals surface area contributed by atoms with Crippen molar-refractivity contribution in [3.63, 3.8) is 0 Å². The minimum absolute atomic E-state index is 0.224. The van der Waals surface area contributed by atoms with Crippen molar-refractivity contribution in [1.82, 2.24) is 4.90 Å². The molecule has 7 heteroatoms. The first kappa shape index (κ1) is 20.8. The maximum atomic E-state index is 12.9. The molecule has 1 saturated heterocycles. The maximum Gasteiger partial charge on any atom is 0.293 e. The number of hydrogen-bond donors (Lipinski definition) is 0. The first-order valence-electron chi connectivity index (χ1n) is 9.57. The smallest absolute Gasteiger partial charge is 0.293 e. The van der Waals surface area contributed by atoms with E-state index in [0.29, 0.717) is 27.7 Å². The molecule has 0 aromatic heterocycles. The van der Waals surface area contributed by atoms with Gasteiger partial charge in [0.2, 0.25) is 5.75 Å². The van der Waals surface area contributed by atoms with E-state index in [1.54, 1.807) is 18.2 Å². The van der Waals surface area contributed by atoms with Gasteiger partial charge in [-0.05, 0) is 57.9 Å². The number of thioether (sulfide) groups is 1. The van der Waals surface area contributed by atoms with Gasteiger partial charge in [0, 0.05) is 0 Å². The normalized spacial score (nSPS) is 15.1. The number of methoxy groups -OCH3 is 3. The van der Waals surface area contributed by atoms with Crippen LogP contribution in [0.15, 0.2) is 59.5 Å². The molecule has 3 aromatic carbocycles. The van der Waals surface area contributed by atoms with Crippen molar-refractivity contribution in [2.75, 3.05) is 21.3 Å². The largest absolute Gasteiger partial charge is 0.493 e. The highest BCUT2D eigenvalue weighted by atomic mass is 32.2. The van der Waals surface area contributed by atoms with Crippen molar-refractivity contribution in [2.24, 2.45) is 0 Å². The highest BCUT2D eigenvalue weighted by molar-refractivity contribution is 8.18. The molecule has 0 saturated carbocycles. The molecule has 0 atom stereocenters. The summed E-state index contributed by atoms with van der Waals surface area (Å²) in [5.74, 6) is 1.09. The fourth-order valence-electron chi connectivity index (χ4n) is 3.49. The first-order valence-corrected chi connectivity index (χ1v) is 10.4. The van der Waals surface area contributed by atoms with Crippen molar-refractivity contribution < 1.29 is 23.8 Å². The van der Waals surface area contributed by atoms with Crippen LogP contribution >= 0.6 is 11.8 Å². The Balaban J connectivity index is 1.61. The van der Waals surface area contributed by atoms with E-state index < -0.39 is 0 Å². The molecule has 1 heterocycles. The van der Waals surface area contributed by atoms with Crippen LogP contribution in [-0.4, -0.2) is 37.4 Å². The Hall–Kier alpha value is -3.45. The number of nitrogens with zero attached hydrogens (tertiary/aromatic N) is 1. The van der Waals surface area contributed by atoms with Crippen LogP contribution in [0.3, 0.4) is 0 Å². The van der Waals surface area contributed by atoms with Gasteiger partial charge in [0.1, 0.15) is 0 Å². The Morgan fingerprint density at radius 3 is 2.19 bits per heavy atom. The first-order chi connectivity index (χ1) is 15.0. The van der Waals surface area contributed by atoms with Gasteiger partial charge < -0.3 is 14.2 Å². The standard InChI is InChI=1S/C24H21NO5S/c1-28-19-11-16(12-20(29-2)22(19)30-3)13-21-23(26)25(24(27)31-21)14-15-8-9-17-6-4-5-7-18(17)10-15/h4-13H,14H2,1-3H3/b21-13-. The maximum absolute atomic E-state index is 12.9. The topological polar surface area (TPSA) is 65.1 Å². The van der Waals surface area contributed by atoms with Gasteiger partial charge in [0.05, 0.1) is 32.8 Å². The Morgan fingerprint density at radius 2 is 1.55 bits per heavy atom. The third kappa shape index (κ3) is 4.09. The molecule has 0 aliphatic carbocycles. The molecule has 158 valence electrons. The van der Waals surface area contributed by atoms with Crippen molar-refractivity contribution in [1.29, 1.82) is 0 Å². The van der Waals surface area contributed by atoms with E-state index in [-0.39, 0.29) is 17.7 Å². The van der Waals surface area contributed by atoms with Gasteiger partial charge in [-0.25, -0.2) is 0 Å². The molecule has 0 bridgehead atoms. The average Bonchev–Trinajstić information content (AvgIpc) is 3.05. The molecule has 3 aromatic rings. The molecule has 0 radical (unpaired) electrons. The SMILES string of the molecule is COc1cc(/C=C2\SC(=O)N(Cc3ccc4ccccc4c3)C2=O)cc(OC)c1OC. The zero-order valence-electron chi connectivity index (χ0n) is 17.4. The lowest BCUT2D eigenvalue weighted by Gasteiger charge is -2.13. The summed E-state index contributed by atoms with van der Waals surface area (Å²) >= 11 is 0.922. The van der Waals surface area contributed by atoms with Gasteiger partial charge in [-0.1, -0.05) is 36.4 Å². The predicted octanol–water partition coefficient (Wildman–Crippen LogP) is 5.10. The summed E-state index contributed by atoms with van der Waals surface area (Å²) in [6, 6.07) is 17.4. The molecule has 1 aliphatic rings. The Morgan fingerprint density at radius 1 is 0.871 bits per heavy atom. The van der Waals surface area contributed by atoms with Crippen LogP contribution in [0.2, 0.25) is 0 Å². The molecule has 0 N–H and O–H groups in total. The van der Waals surface area contributed by atoms with Crippen LogP contribution in [0.4, 0.5) is 4.79 Å². The van der Waals surface area contributed by atoms with Crippen LogP contribution in [0.5, 0.6) is 17.2 Å². The summed E-state index contributed by atoms with van der Waals surface area (Å²) in [4.78, 5) is 27.1. The molecule has 0 unspecified atom stereocenters. The highest BCUT2D eigenvalue weighted by Crippen LogP contribution is 2.40. The number of rotatable bonds is 6. The van der Waals surface area contributed by atoms with E-state index in [2.05, 4.69) is 0 Å². The number of imide groups is 1. The second kappa shape index (κ2) is 8.73. The fourth-order valence-corrected chi connectivity index (χ4v) is 4.33. The number of carbonyl (C=O) groups is 2. The van der Waals surface area contributed by atoms with Crippen LogP contribution in [-0.2, 0) is 11.3 Å². The second-order valence-corrected chi connectivity index (χ2v) is 7.90. The lowest BCUT2D eigenvalue weighted by molar-refractivity contribution is -0.123. The van der Waals surface area contributed by atoms with Crippen LogP contribution in [0.25, 0.3) is 16.8 Å². The monoisotopic (exact) mass is 435 g/mol. The summed E-state index contributed by atoms with van der Waals surface area (Å²) in [5, 5.41) is 1.89. The van der Waals surface area contributed by atoms with E-state index in [0.717, 1.165) is 28.1 Å². The van der Waals surface area contributed by atoms with Crippen LogP contribution in [0.1, 0.15) is 11.1 Å². The molecule has 2 amide bonds. The third-order valence-corrected chi connectivity index (χ3v) is 5.92. The fraction of sp³-hybridized carbons (Fsp3) is 0.167. The van der Waals surface area contributed by atoms with Crippen molar-refractivity contribution in [3.8, 4) is 17.2 Å². The molecule has 4 rings (SSSR count). The number of hydrogen-bond acceptors (Lipinski definition) is 6. The summed E-state index contributed by atoms with van der Waals surface area (Å²) in [6.07, 6.45) is 1.66. The van der Waals surface area contributed by atoms with Crippen molar-refractivity contribution in [2.45, 2.75) is 6.54 Å². The van der Waals surface area contributed by atoms with E-state index in [9.17, 15) is 9.59 Å². The number of carbonyl (C=O) groups excluding carboxylic acids is 2. The van der Waals surface area contributed by atoms with Gasteiger partial charge in [-0.3, -0.25) is 14.5 Å². The number of amides is 2. The Bertz CT molecular complexity index is 1180. The second-order valence-electron chi connectivity index (χ2n) is 6.91. The van der Waals surface area contributed by atoms with Crippen LogP contribution < -0.4 is 14.2 Å². The lowest BCUT2D eigenvalue weighted by Crippen LogP contribution is -2.27. The molecular formula is C24H21NO5S. The number of ether oxygens (including phenoxy) is 3. The van der Waals surface area contributed by atoms with Gasteiger partial charge in [0.25, 0.3) is 11.1 Å². The van der Waals surface area contributed by atoms with Crippen LogP contribution in [0, 0.1) is 0 Å². The summed E-state index contributed by atoms with van der Waals surface area (Å²) in [6.45, 7) is 0.224. The van der Waals surface area contributed by atoms with Gasteiger partial charge >= 0.3 is 0 Å². The van der Waals surface area contributed by atoms with Gasteiger partial charge in [0.15, 0.2) is 11.5 Å². The van der Waals surface area contributed by atoms with Crippen molar-refractivity contribution >= 4 is 39.8 Å². The molecule has 6 nitrogen and oxygen atoms in total. The average molecular weight is 436 g/mol. The van der Waals surface area contributed by atoms with Gasteiger partial charge in [-0.15, -0.1) is 0 Å². The number of benzene rings is 3. The molecular weight excluding hydrogens is 414 g/mol. The summed E-state index contributed by atoms with van der Waals surface area (Å²) < 4.78 is 16.1. The van der Waals surface area contributed by atoms with E-state index in [1.165, 1.54) is 26.2 Å². The molecule has 31 heavy (non-hydrogen) atoms. The van der Waals surface area contributed by atoms with Crippen molar-refractivity contribution in [3.05, 3.63) is 70.6 Å². The lowest BCUT2D eigenvalue weighted by atomic mass is 10.1. The van der Waals surface area contributed by atoms with E-state index in [4.69, 9.17) is 14.2 Å². The summed E-state index contributed by atoms with van der Waals surface area (Å²) in [7, 11) is 4.58. The Kier molecular flexibility index (Phi) is 5.86. The highest BCUT2D eigenvalue weighted by Gasteiger charge is 2.35. The third-order valence-electron chi connectivity index (χ3n) is 5.01. The minimum Gasteiger partial charge on any atom is -0.493 e. The number of fused-ring (bicyclic) bond motifs is 1.